The quantitative estimate of drug-likeness (QED) is 0.171. The molecule has 42 heavy (non-hydrogen) atoms. The molecule has 6 rings (SSSR count). The van der Waals surface area contributed by atoms with Crippen LogP contribution in [0.25, 0.3) is 21.8 Å². The lowest BCUT2D eigenvalue weighted by Crippen LogP contribution is -2.06. The molecule has 0 saturated heterocycles. The van der Waals surface area contributed by atoms with Gasteiger partial charge in [-0.05, 0) is 24.3 Å². The normalized spacial score (nSPS) is 10.7. The number of hydrogen-bond acceptors (Lipinski definition) is 5. The summed E-state index contributed by atoms with van der Waals surface area (Å²) in [5, 5.41) is 1.81. The van der Waals surface area contributed by atoms with Gasteiger partial charge in [-0.15, -0.1) is 0 Å². The number of pyridine rings is 1. The SMILES string of the molecule is O=C(CCC(=O)c1c[nH]c2ccccc12)c1ccccc1.O=C(CCC(=O)c1c[nH]c2ccccc12)c1ccccn1. The zero-order chi connectivity index (χ0) is 29.3. The van der Waals surface area contributed by atoms with Gasteiger partial charge < -0.3 is 9.97 Å². The zero-order valence-electron chi connectivity index (χ0n) is 22.9. The smallest absolute Gasteiger partial charge is 0.181 e. The Balaban J connectivity index is 0.000000168. The average Bonchev–Trinajstić information content (AvgIpc) is 3.68. The number of para-hydroxylation sites is 2. The van der Waals surface area contributed by atoms with Crippen LogP contribution in [0.1, 0.15) is 67.2 Å². The number of fused-ring (bicyclic) bond motifs is 2. The molecule has 2 N–H and O–H groups in total. The number of benzene rings is 3. The molecule has 208 valence electrons. The van der Waals surface area contributed by atoms with Crippen molar-refractivity contribution >= 4 is 44.9 Å². The second kappa shape index (κ2) is 13.3. The van der Waals surface area contributed by atoms with Crippen LogP contribution >= 0.6 is 0 Å². The van der Waals surface area contributed by atoms with Gasteiger partial charge in [-0.25, -0.2) is 0 Å². The molecule has 0 aliphatic carbocycles. The van der Waals surface area contributed by atoms with Crippen LogP contribution in [0.15, 0.2) is 116 Å². The maximum Gasteiger partial charge on any atom is 0.181 e. The summed E-state index contributed by atoms with van der Waals surface area (Å²) in [5.74, 6) is -0.138. The molecule has 0 aliphatic heterocycles. The third-order valence-corrected chi connectivity index (χ3v) is 6.98. The topological polar surface area (TPSA) is 113 Å². The standard InChI is InChI=1S/C18H15NO2.C17H14N2O2/c20-17(13-6-2-1-3-7-13)10-11-18(21)15-12-19-16-9-5-4-8-14(15)16;20-16(8-9-17(21)15-7-3-4-10-18-15)13-11-19-14-6-2-1-5-12(13)14/h1-9,12,19H,10-11H2;1-7,10-11,19H,8-9H2. The number of H-pyrrole nitrogens is 2. The number of nitrogens with zero attached hydrogens (tertiary/aromatic N) is 1. The number of nitrogens with one attached hydrogen (secondary N) is 2. The number of hydrogen-bond donors (Lipinski definition) is 2. The number of aromatic amines is 2. The van der Waals surface area contributed by atoms with Crippen molar-refractivity contribution < 1.29 is 19.2 Å². The predicted molar refractivity (Wildman–Crippen MR) is 163 cm³/mol. The van der Waals surface area contributed by atoms with E-state index in [1.807, 2.05) is 66.7 Å². The van der Waals surface area contributed by atoms with Crippen LogP contribution in [0.5, 0.6) is 0 Å². The Kier molecular flexibility index (Phi) is 8.89. The predicted octanol–water partition coefficient (Wildman–Crippen LogP) is 7.42. The van der Waals surface area contributed by atoms with Crippen molar-refractivity contribution in [3.63, 3.8) is 0 Å². The molecule has 3 heterocycles. The number of rotatable bonds is 10. The molecule has 7 heteroatoms. The van der Waals surface area contributed by atoms with E-state index in [-0.39, 0.29) is 48.8 Å². The van der Waals surface area contributed by atoms with Gasteiger partial charge in [0.2, 0.25) is 0 Å². The molecule has 0 fully saturated rings. The highest BCUT2D eigenvalue weighted by Crippen LogP contribution is 2.21. The average molecular weight is 556 g/mol. The Bertz CT molecular complexity index is 1720. The lowest BCUT2D eigenvalue weighted by atomic mass is 10.0. The highest BCUT2D eigenvalue weighted by molar-refractivity contribution is 6.10. The number of ketones is 4. The van der Waals surface area contributed by atoms with Crippen LogP contribution in [-0.2, 0) is 0 Å². The van der Waals surface area contributed by atoms with E-state index in [2.05, 4.69) is 15.0 Å². The zero-order valence-corrected chi connectivity index (χ0v) is 22.9. The fraction of sp³-hybridized carbons (Fsp3) is 0.114. The third kappa shape index (κ3) is 6.64. The summed E-state index contributed by atoms with van der Waals surface area (Å²) in [7, 11) is 0. The van der Waals surface area contributed by atoms with Crippen molar-refractivity contribution in [2.24, 2.45) is 0 Å². The van der Waals surface area contributed by atoms with Crippen LogP contribution in [0.3, 0.4) is 0 Å². The van der Waals surface area contributed by atoms with Gasteiger partial charge >= 0.3 is 0 Å². The summed E-state index contributed by atoms with van der Waals surface area (Å²) in [6, 6.07) is 29.6. The van der Waals surface area contributed by atoms with Crippen molar-refractivity contribution in [1.29, 1.82) is 0 Å². The Labute approximate surface area is 242 Å². The molecule has 6 aromatic rings. The molecular weight excluding hydrogens is 526 g/mol. The van der Waals surface area contributed by atoms with Gasteiger partial charge in [-0.3, -0.25) is 24.2 Å². The second-order valence-corrected chi connectivity index (χ2v) is 9.77. The van der Waals surface area contributed by atoms with Crippen LogP contribution in [0.4, 0.5) is 0 Å². The fourth-order valence-corrected chi connectivity index (χ4v) is 4.75. The Morgan fingerprint density at radius 3 is 1.52 bits per heavy atom. The number of carbonyl (C=O) groups excluding carboxylic acids is 4. The summed E-state index contributed by atoms with van der Waals surface area (Å²) in [4.78, 5) is 58.7. The van der Waals surface area contributed by atoms with Crippen LogP contribution in [-0.4, -0.2) is 38.1 Å². The first kappa shape index (κ1) is 28.1. The number of aromatic nitrogens is 3. The molecule has 0 unspecified atom stereocenters. The first-order valence-corrected chi connectivity index (χ1v) is 13.7. The lowest BCUT2D eigenvalue weighted by Gasteiger charge is -2.01. The van der Waals surface area contributed by atoms with Crippen LogP contribution < -0.4 is 0 Å². The van der Waals surface area contributed by atoms with E-state index >= 15 is 0 Å². The monoisotopic (exact) mass is 555 g/mol. The fourth-order valence-electron chi connectivity index (χ4n) is 4.75. The Morgan fingerprint density at radius 2 is 0.976 bits per heavy atom. The Hall–Kier alpha value is -5.43. The van der Waals surface area contributed by atoms with Gasteiger partial charge in [-0.1, -0.05) is 72.8 Å². The second-order valence-electron chi connectivity index (χ2n) is 9.77. The molecule has 3 aromatic heterocycles. The van der Waals surface area contributed by atoms with E-state index in [1.165, 1.54) is 0 Å². The summed E-state index contributed by atoms with van der Waals surface area (Å²) in [6.45, 7) is 0. The first-order valence-electron chi connectivity index (χ1n) is 13.7. The summed E-state index contributed by atoms with van der Waals surface area (Å²) < 4.78 is 0. The molecule has 0 radical (unpaired) electrons. The molecular formula is C35H29N3O4. The van der Waals surface area contributed by atoms with E-state index in [9.17, 15) is 19.2 Å². The minimum atomic E-state index is -0.108. The van der Waals surface area contributed by atoms with Crippen molar-refractivity contribution in [1.82, 2.24) is 15.0 Å². The van der Waals surface area contributed by atoms with Gasteiger partial charge in [0.05, 0.1) is 0 Å². The maximum atomic E-state index is 12.3. The molecule has 3 aromatic carbocycles. The molecule has 0 aliphatic rings. The molecule has 0 atom stereocenters. The molecule has 7 nitrogen and oxygen atoms in total. The van der Waals surface area contributed by atoms with Crippen LogP contribution in [0, 0.1) is 0 Å². The first-order chi connectivity index (χ1) is 20.5. The highest BCUT2D eigenvalue weighted by atomic mass is 16.1. The molecule has 0 spiro atoms. The molecule has 0 bridgehead atoms. The van der Waals surface area contributed by atoms with Gasteiger partial charge in [0.25, 0.3) is 0 Å². The molecule has 0 amide bonds. The highest BCUT2D eigenvalue weighted by Gasteiger charge is 2.16. The van der Waals surface area contributed by atoms with Gasteiger partial charge in [0.15, 0.2) is 23.1 Å². The van der Waals surface area contributed by atoms with Gasteiger partial charge in [0.1, 0.15) is 5.69 Å². The minimum absolute atomic E-state index is 0.00303. The van der Waals surface area contributed by atoms with Gasteiger partial charge in [-0.2, -0.15) is 0 Å². The van der Waals surface area contributed by atoms with E-state index in [0.717, 1.165) is 21.8 Å². The van der Waals surface area contributed by atoms with Crippen molar-refractivity contribution in [3.8, 4) is 0 Å². The minimum Gasteiger partial charge on any atom is -0.360 e. The number of Topliss-reactive ketones (excluding diaryl/α,β-unsaturated/α-hetero) is 4. The van der Waals surface area contributed by atoms with Gasteiger partial charge in [0, 0.05) is 82.8 Å². The van der Waals surface area contributed by atoms with Crippen molar-refractivity contribution in [2.45, 2.75) is 25.7 Å². The van der Waals surface area contributed by atoms with E-state index in [0.29, 0.717) is 22.4 Å². The van der Waals surface area contributed by atoms with E-state index in [1.54, 1.807) is 48.9 Å². The van der Waals surface area contributed by atoms with E-state index < -0.39 is 0 Å². The number of carbonyl (C=O) groups is 4. The largest absolute Gasteiger partial charge is 0.360 e. The van der Waals surface area contributed by atoms with Crippen LogP contribution in [0.2, 0.25) is 0 Å². The summed E-state index contributed by atoms with van der Waals surface area (Å²) >= 11 is 0. The third-order valence-electron chi connectivity index (χ3n) is 6.98. The maximum absolute atomic E-state index is 12.3. The van der Waals surface area contributed by atoms with E-state index in [4.69, 9.17) is 0 Å². The Morgan fingerprint density at radius 1 is 0.500 bits per heavy atom. The summed E-state index contributed by atoms with van der Waals surface area (Å²) in [5.41, 5.74) is 4.23. The van der Waals surface area contributed by atoms with Crippen molar-refractivity contribution in [2.75, 3.05) is 0 Å². The van der Waals surface area contributed by atoms with Crippen molar-refractivity contribution in [3.05, 3.63) is 138 Å². The summed E-state index contributed by atoms with van der Waals surface area (Å²) in [6.07, 6.45) is 5.84. The lowest BCUT2D eigenvalue weighted by molar-refractivity contribution is 0.0916. The molecule has 0 saturated carbocycles.